The molecule has 0 spiro atoms. The summed E-state index contributed by atoms with van der Waals surface area (Å²) in [5.74, 6) is 0.616. The summed E-state index contributed by atoms with van der Waals surface area (Å²) < 4.78 is 5.61. The van der Waals surface area contributed by atoms with E-state index in [1.165, 1.54) is 0 Å². The number of ether oxygens (including phenoxy) is 1. The number of hydrogen-bond acceptors (Lipinski definition) is 3. The van der Waals surface area contributed by atoms with Gasteiger partial charge in [-0.05, 0) is 51.8 Å². The van der Waals surface area contributed by atoms with E-state index in [4.69, 9.17) is 4.74 Å². The monoisotopic (exact) mass is 283 g/mol. The zero-order valence-electron chi connectivity index (χ0n) is 13.2. The van der Waals surface area contributed by atoms with Crippen LogP contribution < -0.4 is 4.74 Å². The van der Waals surface area contributed by atoms with E-state index in [-0.39, 0.29) is 11.9 Å². The number of pyridine rings is 1. The SMILES string of the molecule is Cc1cc(C)c(C(=O)c2cncc(OC(C)C)c2)c(C)c1. The molecule has 0 aliphatic rings. The molecule has 2 rings (SSSR count). The minimum atomic E-state index is -0.00768. The van der Waals surface area contributed by atoms with Crippen molar-refractivity contribution in [3.05, 3.63) is 58.4 Å². The molecule has 0 bridgehead atoms. The molecule has 0 unspecified atom stereocenters. The molecule has 110 valence electrons. The molecule has 1 aromatic heterocycles. The van der Waals surface area contributed by atoms with E-state index in [1.807, 2.05) is 46.8 Å². The second-order valence-corrected chi connectivity index (χ2v) is 5.68. The molecular weight excluding hydrogens is 262 g/mol. The Balaban J connectivity index is 2.41. The maximum Gasteiger partial charge on any atom is 0.195 e. The van der Waals surface area contributed by atoms with E-state index in [9.17, 15) is 4.79 Å². The highest BCUT2D eigenvalue weighted by molar-refractivity contribution is 6.10. The number of carbonyl (C=O) groups excluding carboxylic acids is 1. The Morgan fingerprint density at radius 2 is 1.67 bits per heavy atom. The summed E-state index contributed by atoms with van der Waals surface area (Å²) in [7, 11) is 0. The second-order valence-electron chi connectivity index (χ2n) is 5.68. The lowest BCUT2D eigenvalue weighted by molar-refractivity contribution is 0.103. The first-order valence-electron chi connectivity index (χ1n) is 7.12. The number of carbonyl (C=O) groups is 1. The third-order valence-corrected chi connectivity index (χ3v) is 3.25. The van der Waals surface area contributed by atoms with Crippen LogP contribution in [0.5, 0.6) is 5.75 Å². The van der Waals surface area contributed by atoms with Crippen molar-refractivity contribution in [3.63, 3.8) is 0 Å². The van der Waals surface area contributed by atoms with Gasteiger partial charge in [0, 0.05) is 17.3 Å². The van der Waals surface area contributed by atoms with E-state index in [2.05, 4.69) is 4.98 Å². The van der Waals surface area contributed by atoms with Gasteiger partial charge in [-0.2, -0.15) is 0 Å². The highest BCUT2D eigenvalue weighted by Crippen LogP contribution is 2.22. The Kier molecular flexibility index (Phi) is 4.41. The van der Waals surface area contributed by atoms with E-state index >= 15 is 0 Å². The molecular formula is C18H21NO2. The predicted octanol–water partition coefficient (Wildman–Crippen LogP) is 4.03. The van der Waals surface area contributed by atoms with Crippen LogP contribution in [0.25, 0.3) is 0 Å². The molecule has 0 N–H and O–H groups in total. The van der Waals surface area contributed by atoms with Gasteiger partial charge in [-0.1, -0.05) is 17.7 Å². The van der Waals surface area contributed by atoms with Gasteiger partial charge in [0.15, 0.2) is 5.78 Å². The Bertz CT molecular complexity index is 652. The van der Waals surface area contributed by atoms with E-state index in [1.54, 1.807) is 18.5 Å². The lowest BCUT2D eigenvalue weighted by atomic mass is 9.94. The molecule has 0 amide bonds. The number of ketones is 1. The smallest absolute Gasteiger partial charge is 0.195 e. The highest BCUT2D eigenvalue weighted by atomic mass is 16.5. The topological polar surface area (TPSA) is 39.2 Å². The first kappa shape index (κ1) is 15.2. The molecule has 3 nitrogen and oxygen atoms in total. The van der Waals surface area contributed by atoms with Crippen molar-refractivity contribution in [2.24, 2.45) is 0 Å². The standard InChI is InChI=1S/C18H21NO2/c1-11(2)21-16-8-15(9-19-10-16)18(20)17-13(4)6-12(3)7-14(17)5/h6-11H,1-5H3. The summed E-state index contributed by atoms with van der Waals surface area (Å²) in [5.41, 5.74) is 4.46. The molecule has 3 heteroatoms. The first-order chi connectivity index (χ1) is 9.88. The van der Waals surface area contributed by atoms with E-state index < -0.39 is 0 Å². The third kappa shape index (κ3) is 3.48. The molecule has 0 aliphatic heterocycles. The average Bonchev–Trinajstić information content (AvgIpc) is 2.36. The molecule has 0 atom stereocenters. The number of aromatic nitrogens is 1. The zero-order valence-corrected chi connectivity index (χ0v) is 13.2. The molecule has 0 saturated carbocycles. The molecule has 2 aromatic rings. The van der Waals surface area contributed by atoms with Crippen molar-refractivity contribution >= 4 is 5.78 Å². The minimum Gasteiger partial charge on any atom is -0.489 e. The van der Waals surface area contributed by atoms with Gasteiger partial charge < -0.3 is 4.74 Å². The number of aryl methyl sites for hydroxylation is 3. The van der Waals surface area contributed by atoms with E-state index in [0.717, 1.165) is 22.3 Å². The summed E-state index contributed by atoms with van der Waals surface area (Å²) in [6.07, 6.45) is 3.28. The molecule has 1 heterocycles. The van der Waals surface area contributed by atoms with E-state index in [0.29, 0.717) is 11.3 Å². The van der Waals surface area contributed by atoms with Gasteiger partial charge in [-0.3, -0.25) is 9.78 Å². The minimum absolute atomic E-state index is 0.00768. The number of nitrogens with zero attached hydrogens (tertiary/aromatic N) is 1. The molecule has 21 heavy (non-hydrogen) atoms. The molecule has 0 fully saturated rings. The van der Waals surface area contributed by atoms with Crippen molar-refractivity contribution in [2.45, 2.75) is 40.7 Å². The van der Waals surface area contributed by atoms with Gasteiger partial charge in [-0.25, -0.2) is 0 Å². The normalized spacial score (nSPS) is 10.8. The number of rotatable bonds is 4. The van der Waals surface area contributed by atoms with Gasteiger partial charge in [0.1, 0.15) is 5.75 Å². The quantitative estimate of drug-likeness (QED) is 0.795. The van der Waals surface area contributed by atoms with Crippen molar-refractivity contribution in [3.8, 4) is 5.75 Å². The fraction of sp³-hybridized carbons (Fsp3) is 0.333. The van der Waals surface area contributed by atoms with Crippen molar-refractivity contribution in [1.82, 2.24) is 4.98 Å². The third-order valence-electron chi connectivity index (χ3n) is 3.25. The summed E-state index contributed by atoms with van der Waals surface area (Å²) in [6, 6.07) is 5.82. The van der Waals surface area contributed by atoms with Crippen LogP contribution in [0.2, 0.25) is 0 Å². The predicted molar refractivity (Wildman–Crippen MR) is 84.1 cm³/mol. The van der Waals surface area contributed by atoms with Gasteiger partial charge in [0.25, 0.3) is 0 Å². The van der Waals surface area contributed by atoms with Gasteiger partial charge in [0.2, 0.25) is 0 Å². The van der Waals surface area contributed by atoms with Crippen molar-refractivity contribution < 1.29 is 9.53 Å². The second kappa shape index (κ2) is 6.08. The van der Waals surface area contributed by atoms with Crippen LogP contribution in [0.4, 0.5) is 0 Å². The summed E-state index contributed by atoms with van der Waals surface area (Å²) in [4.78, 5) is 16.9. The van der Waals surface area contributed by atoms with Crippen LogP contribution in [0.15, 0.2) is 30.6 Å². The molecule has 0 radical (unpaired) electrons. The average molecular weight is 283 g/mol. The van der Waals surface area contributed by atoms with Gasteiger partial charge >= 0.3 is 0 Å². The summed E-state index contributed by atoms with van der Waals surface area (Å²) in [5, 5.41) is 0. The van der Waals surface area contributed by atoms with Crippen LogP contribution in [0.1, 0.15) is 46.5 Å². The van der Waals surface area contributed by atoms with Crippen LogP contribution in [0.3, 0.4) is 0 Å². The van der Waals surface area contributed by atoms with Crippen LogP contribution >= 0.6 is 0 Å². The fourth-order valence-corrected chi connectivity index (χ4v) is 2.56. The molecule has 0 saturated heterocycles. The lowest BCUT2D eigenvalue weighted by Gasteiger charge is -2.12. The molecule has 0 aliphatic carbocycles. The van der Waals surface area contributed by atoms with Gasteiger partial charge in [0.05, 0.1) is 12.3 Å². The van der Waals surface area contributed by atoms with Crippen molar-refractivity contribution in [1.29, 1.82) is 0 Å². The Labute approximate surface area is 126 Å². The number of hydrogen-bond donors (Lipinski definition) is 0. The van der Waals surface area contributed by atoms with Crippen LogP contribution in [-0.4, -0.2) is 16.9 Å². The summed E-state index contributed by atoms with van der Waals surface area (Å²) >= 11 is 0. The maximum absolute atomic E-state index is 12.7. The van der Waals surface area contributed by atoms with Crippen molar-refractivity contribution in [2.75, 3.05) is 0 Å². The summed E-state index contributed by atoms with van der Waals surface area (Å²) in [6.45, 7) is 9.86. The molecule has 1 aromatic carbocycles. The fourth-order valence-electron chi connectivity index (χ4n) is 2.56. The zero-order chi connectivity index (χ0) is 15.6. The Morgan fingerprint density at radius 3 is 2.24 bits per heavy atom. The largest absolute Gasteiger partial charge is 0.489 e. The highest BCUT2D eigenvalue weighted by Gasteiger charge is 2.16. The van der Waals surface area contributed by atoms with Crippen LogP contribution in [0, 0.1) is 20.8 Å². The Morgan fingerprint density at radius 1 is 1.05 bits per heavy atom. The number of benzene rings is 1. The lowest BCUT2D eigenvalue weighted by Crippen LogP contribution is -2.09. The van der Waals surface area contributed by atoms with Crippen LogP contribution in [-0.2, 0) is 0 Å². The first-order valence-corrected chi connectivity index (χ1v) is 7.12. The maximum atomic E-state index is 12.7. The Hall–Kier alpha value is -2.16. The van der Waals surface area contributed by atoms with Gasteiger partial charge in [-0.15, -0.1) is 0 Å².